The average Bonchev–Trinajstić information content (AvgIpc) is 3.31. The summed E-state index contributed by atoms with van der Waals surface area (Å²) < 4.78 is 6.07. The molecular formula is C25H24N2O2. The fraction of sp³-hybridized carbons (Fsp3) is 0.200. The fourth-order valence-electron chi connectivity index (χ4n) is 3.45. The zero-order chi connectivity index (χ0) is 19.9. The number of carbonyl (C=O) groups is 1. The van der Waals surface area contributed by atoms with Crippen LogP contribution in [0.25, 0.3) is 11.1 Å². The number of nitrogens with zero attached hydrogens (tertiary/aromatic N) is 1. The van der Waals surface area contributed by atoms with Crippen molar-refractivity contribution in [1.29, 1.82) is 0 Å². The number of ether oxygens (including phenoxy) is 1. The summed E-state index contributed by atoms with van der Waals surface area (Å²) in [6, 6.07) is 25.7. The predicted octanol–water partition coefficient (Wildman–Crippen LogP) is 5.59. The lowest BCUT2D eigenvalue weighted by Gasteiger charge is -2.12. The molecule has 1 aliphatic rings. The molecule has 1 fully saturated rings. The number of amides is 1. The Morgan fingerprint density at radius 1 is 0.862 bits per heavy atom. The van der Waals surface area contributed by atoms with Crippen molar-refractivity contribution in [2.45, 2.75) is 32.3 Å². The normalized spacial score (nSPS) is 13.2. The molecule has 1 saturated carbocycles. The molecule has 0 bridgehead atoms. The molecule has 4 nitrogen and oxygen atoms in total. The fourth-order valence-corrected chi connectivity index (χ4v) is 3.45. The summed E-state index contributed by atoms with van der Waals surface area (Å²) in [5.74, 6) is 0.666. The van der Waals surface area contributed by atoms with E-state index in [0.717, 1.165) is 53.8 Å². The monoisotopic (exact) mass is 384 g/mol. The Bertz CT molecular complexity index is 987. The average molecular weight is 384 g/mol. The van der Waals surface area contributed by atoms with Gasteiger partial charge in [-0.2, -0.15) is 5.10 Å². The summed E-state index contributed by atoms with van der Waals surface area (Å²) in [5, 5.41) is 4.23. The van der Waals surface area contributed by atoms with Crippen molar-refractivity contribution < 1.29 is 9.53 Å². The minimum Gasteiger partial charge on any atom is -0.488 e. The van der Waals surface area contributed by atoms with Gasteiger partial charge in [0.15, 0.2) is 0 Å². The van der Waals surface area contributed by atoms with Gasteiger partial charge in [-0.3, -0.25) is 4.79 Å². The van der Waals surface area contributed by atoms with Gasteiger partial charge in [0, 0.05) is 16.8 Å². The molecule has 3 aromatic carbocycles. The van der Waals surface area contributed by atoms with Gasteiger partial charge in [-0.05, 0) is 55.0 Å². The third kappa shape index (κ3) is 4.91. The maximum absolute atomic E-state index is 12.2. The predicted molar refractivity (Wildman–Crippen MR) is 116 cm³/mol. The molecular weight excluding hydrogens is 360 g/mol. The first-order valence-electron chi connectivity index (χ1n) is 10.0. The Hall–Kier alpha value is -3.40. The van der Waals surface area contributed by atoms with Crippen molar-refractivity contribution in [3.63, 3.8) is 0 Å². The minimum atomic E-state index is -0.175. The molecule has 1 aliphatic carbocycles. The van der Waals surface area contributed by atoms with Crippen LogP contribution in [0.3, 0.4) is 0 Å². The first kappa shape index (κ1) is 18.9. The standard InChI is InChI=1S/C25H24N2O2/c28-25(27-26-22-10-4-5-11-22)21-16-14-19(15-17-21)18-29-24-13-7-6-12-23(24)20-8-2-1-3-9-20/h1-3,6-9,12-17H,4-5,10-11,18H2,(H,27,28). The molecule has 29 heavy (non-hydrogen) atoms. The first-order valence-corrected chi connectivity index (χ1v) is 10.0. The largest absolute Gasteiger partial charge is 0.488 e. The van der Waals surface area contributed by atoms with E-state index < -0.39 is 0 Å². The summed E-state index contributed by atoms with van der Waals surface area (Å²) in [5.41, 5.74) is 7.54. The maximum atomic E-state index is 12.2. The molecule has 0 aromatic heterocycles. The third-order valence-electron chi connectivity index (χ3n) is 5.08. The van der Waals surface area contributed by atoms with Crippen molar-refractivity contribution in [3.8, 4) is 16.9 Å². The molecule has 0 radical (unpaired) electrons. The SMILES string of the molecule is O=C(NN=C1CCCC1)c1ccc(COc2ccccc2-c2ccccc2)cc1. The van der Waals surface area contributed by atoms with E-state index in [0.29, 0.717) is 12.2 Å². The second-order valence-electron chi connectivity index (χ2n) is 7.17. The van der Waals surface area contributed by atoms with Gasteiger partial charge >= 0.3 is 0 Å². The molecule has 3 aromatic rings. The topological polar surface area (TPSA) is 50.7 Å². The van der Waals surface area contributed by atoms with E-state index in [-0.39, 0.29) is 5.91 Å². The lowest BCUT2D eigenvalue weighted by molar-refractivity contribution is 0.0954. The number of rotatable bonds is 6. The quantitative estimate of drug-likeness (QED) is 0.563. The molecule has 4 heteroatoms. The van der Waals surface area contributed by atoms with E-state index in [9.17, 15) is 4.79 Å². The summed E-state index contributed by atoms with van der Waals surface area (Å²) in [4.78, 5) is 12.2. The molecule has 0 heterocycles. The molecule has 146 valence electrons. The Balaban J connectivity index is 1.39. The van der Waals surface area contributed by atoms with Gasteiger partial charge in [-0.15, -0.1) is 0 Å². The Morgan fingerprint density at radius 3 is 2.31 bits per heavy atom. The molecule has 1 amide bonds. The van der Waals surface area contributed by atoms with Crippen molar-refractivity contribution in [1.82, 2.24) is 5.43 Å². The van der Waals surface area contributed by atoms with E-state index in [1.54, 1.807) is 0 Å². The smallest absolute Gasteiger partial charge is 0.271 e. The van der Waals surface area contributed by atoms with E-state index in [2.05, 4.69) is 28.7 Å². The lowest BCUT2D eigenvalue weighted by atomic mass is 10.0. The molecule has 0 spiro atoms. The number of hydrogen-bond donors (Lipinski definition) is 1. The van der Waals surface area contributed by atoms with Gasteiger partial charge in [0.05, 0.1) is 0 Å². The van der Waals surface area contributed by atoms with Crippen molar-refractivity contribution in [2.24, 2.45) is 5.10 Å². The zero-order valence-corrected chi connectivity index (χ0v) is 16.3. The first-order chi connectivity index (χ1) is 14.3. The van der Waals surface area contributed by atoms with Crippen molar-refractivity contribution in [2.75, 3.05) is 0 Å². The van der Waals surface area contributed by atoms with Crippen LogP contribution in [0, 0.1) is 0 Å². The van der Waals surface area contributed by atoms with Crippen LogP contribution in [-0.4, -0.2) is 11.6 Å². The molecule has 0 atom stereocenters. The molecule has 1 N–H and O–H groups in total. The molecule has 0 unspecified atom stereocenters. The number of carbonyl (C=O) groups excluding carboxylic acids is 1. The van der Waals surface area contributed by atoms with Gasteiger partial charge in [-0.25, -0.2) is 5.43 Å². The van der Waals surface area contributed by atoms with Crippen LogP contribution in [0.1, 0.15) is 41.6 Å². The molecule has 0 aliphatic heterocycles. The Labute approximate surface area is 171 Å². The van der Waals surface area contributed by atoms with Crippen LogP contribution >= 0.6 is 0 Å². The number of para-hydroxylation sites is 1. The van der Waals surface area contributed by atoms with Crippen LogP contribution < -0.4 is 10.2 Å². The van der Waals surface area contributed by atoms with Gasteiger partial charge in [0.2, 0.25) is 0 Å². The third-order valence-corrected chi connectivity index (χ3v) is 5.08. The summed E-state index contributed by atoms with van der Waals surface area (Å²) in [6.45, 7) is 0.439. The summed E-state index contributed by atoms with van der Waals surface area (Å²) >= 11 is 0. The number of benzene rings is 3. The van der Waals surface area contributed by atoms with Gasteiger partial charge in [-0.1, -0.05) is 60.7 Å². The van der Waals surface area contributed by atoms with Crippen LogP contribution in [0.5, 0.6) is 5.75 Å². The highest BCUT2D eigenvalue weighted by atomic mass is 16.5. The van der Waals surface area contributed by atoms with E-state index in [4.69, 9.17) is 4.74 Å². The number of hydrazone groups is 1. The number of nitrogens with one attached hydrogen (secondary N) is 1. The van der Waals surface area contributed by atoms with Crippen LogP contribution in [0.15, 0.2) is 84.0 Å². The Kier molecular flexibility index (Phi) is 6.01. The minimum absolute atomic E-state index is 0.175. The van der Waals surface area contributed by atoms with E-state index in [1.807, 2.05) is 60.7 Å². The highest BCUT2D eigenvalue weighted by Gasteiger charge is 2.10. The van der Waals surface area contributed by atoms with Crippen LogP contribution in [0.4, 0.5) is 0 Å². The number of hydrogen-bond acceptors (Lipinski definition) is 3. The highest BCUT2D eigenvalue weighted by Crippen LogP contribution is 2.30. The molecule has 0 saturated heterocycles. The van der Waals surface area contributed by atoms with Gasteiger partial charge in [0.1, 0.15) is 12.4 Å². The molecule has 4 rings (SSSR count). The Morgan fingerprint density at radius 2 is 1.55 bits per heavy atom. The van der Waals surface area contributed by atoms with Gasteiger partial charge < -0.3 is 4.74 Å². The highest BCUT2D eigenvalue weighted by molar-refractivity contribution is 5.95. The zero-order valence-electron chi connectivity index (χ0n) is 16.3. The van der Waals surface area contributed by atoms with Crippen molar-refractivity contribution in [3.05, 3.63) is 90.0 Å². The van der Waals surface area contributed by atoms with Gasteiger partial charge in [0.25, 0.3) is 5.91 Å². The maximum Gasteiger partial charge on any atom is 0.271 e. The second kappa shape index (κ2) is 9.20. The van der Waals surface area contributed by atoms with E-state index >= 15 is 0 Å². The summed E-state index contributed by atoms with van der Waals surface area (Å²) in [7, 11) is 0. The van der Waals surface area contributed by atoms with Crippen LogP contribution in [-0.2, 0) is 6.61 Å². The van der Waals surface area contributed by atoms with E-state index in [1.165, 1.54) is 0 Å². The summed E-state index contributed by atoms with van der Waals surface area (Å²) in [6.07, 6.45) is 4.30. The lowest BCUT2D eigenvalue weighted by Crippen LogP contribution is -2.19. The second-order valence-corrected chi connectivity index (χ2v) is 7.17. The van der Waals surface area contributed by atoms with Crippen molar-refractivity contribution >= 4 is 11.6 Å². The van der Waals surface area contributed by atoms with Crippen LogP contribution in [0.2, 0.25) is 0 Å².